The van der Waals surface area contributed by atoms with Crippen molar-refractivity contribution in [2.75, 3.05) is 25.6 Å². The molecule has 1 fully saturated rings. The zero-order valence-electron chi connectivity index (χ0n) is 16.2. The lowest BCUT2D eigenvalue weighted by molar-refractivity contribution is 0.0547. The van der Waals surface area contributed by atoms with Gasteiger partial charge >= 0.3 is 0 Å². The Morgan fingerprint density at radius 1 is 1.32 bits per heavy atom. The van der Waals surface area contributed by atoms with Crippen LogP contribution in [0.5, 0.6) is 0 Å². The molecule has 2 aromatic heterocycles. The molecule has 0 saturated carbocycles. The zero-order valence-corrected chi connectivity index (χ0v) is 17.0. The van der Waals surface area contributed by atoms with Gasteiger partial charge in [-0.2, -0.15) is 0 Å². The first-order valence-electron chi connectivity index (χ1n) is 9.11. The lowest BCUT2D eigenvalue weighted by Gasteiger charge is -2.20. The molecule has 1 amide bonds. The normalized spacial score (nSPS) is 15.3. The second kappa shape index (κ2) is 9.07. The Morgan fingerprint density at radius 3 is 2.68 bits per heavy atom. The van der Waals surface area contributed by atoms with E-state index in [1.807, 2.05) is 13.8 Å². The minimum atomic E-state index is -0.322. The summed E-state index contributed by atoms with van der Waals surface area (Å²) in [5.74, 6) is 0.0962. The molecular formula is C20H23N3O4S. The highest BCUT2D eigenvalue weighted by Crippen LogP contribution is 2.33. The van der Waals surface area contributed by atoms with Crippen LogP contribution in [-0.4, -0.2) is 42.0 Å². The van der Waals surface area contributed by atoms with Crippen molar-refractivity contribution in [2.45, 2.75) is 26.7 Å². The molecular weight excluding hydrogens is 378 g/mol. The van der Waals surface area contributed by atoms with Gasteiger partial charge in [-0.05, 0) is 44.9 Å². The Labute approximate surface area is 167 Å². The van der Waals surface area contributed by atoms with Gasteiger partial charge in [0.1, 0.15) is 16.3 Å². The van der Waals surface area contributed by atoms with E-state index in [0.717, 1.165) is 5.69 Å². The highest BCUT2D eigenvalue weighted by Gasteiger charge is 2.29. The van der Waals surface area contributed by atoms with Crippen molar-refractivity contribution in [2.24, 2.45) is 5.92 Å². The minimum Gasteiger partial charge on any atom is -0.495 e. The lowest BCUT2D eigenvalue weighted by atomic mass is 9.94. The standard InChI is InChI=1S/C20H23N3O4S/c1-4-15(26-3)16-18(17(24)13-7-9-27-10-8-13)28-20(22-16)23-19(25)14-6-5-12(2)21-11-14/h4-6,11,13H,7-10H2,1-3H3,(H,22,23,25)/b15-4-. The molecule has 8 heteroatoms. The summed E-state index contributed by atoms with van der Waals surface area (Å²) in [5, 5.41) is 3.12. The molecule has 3 heterocycles. The molecule has 0 radical (unpaired) electrons. The van der Waals surface area contributed by atoms with Gasteiger partial charge in [0.25, 0.3) is 5.91 Å². The van der Waals surface area contributed by atoms with Crippen molar-refractivity contribution >= 4 is 33.9 Å². The summed E-state index contributed by atoms with van der Waals surface area (Å²) in [7, 11) is 1.54. The second-order valence-electron chi connectivity index (χ2n) is 6.45. The zero-order chi connectivity index (χ0) is 20.1. The molecule has 0 bridgehead atoms. The molecule has 2 aromatic rings. The van der Waals surface area contributed by atoms with E-state index in [9.17, 15) is 9.59 Å². The van der Waals surface area contributed by atoms with Gasteiger partial charge in [-0.15, -0.1) is 0 Å². The monoisotopic (exact) mass is 401 g/mol. The molecule has 1 N–H and O–H groups in total. The topological polar surface area (TPSA) is 90.4 Å². The SMILES string of the molecule is C/C=C(\OC)c1nc(NC(=O)c2ccc(C)nc2)sc1C(=O)C1CCOCC1. The van der Waals surface area contributed by atoms with Crippen LogP contribution in [0, 0.1) is 12.8 Å². The van der Waals surface area contributed by atoms with Gasteiger partial charge in [0.2, 0.25) is 0 Å². The van der Waals surface area contributed by atoms with E-state index in [0.29, 0.717) is 53.1 Å². The van der Waals surface area contributed by atoms with E-state index in [2.05, 4.69) is 15.3 Å². The van der Waals surface area contributed by atoms with Crippen LogP contribution in [0.1, 0.15) is 51.2 Å². The third-order valence-corrected chi connectivity index (χ3v) is 5.54. The Morgan fingerprint density at radius 2 is 2.07 bits per heavy atom. The maximum Gasteiger partial charge on any atom is 0.259 e. The summed E-state index contributed by atoms with van der Waals surface area (Å²) in [4.78, 5) is 34.7. The number of carbonyl (C=O) groups is 2. The van der Waals surface area contributed by atoms with Gasteiger partial charge in [-0.25, -0.2) is 4.98 Å². The average molecular weight is 401 g/mol. The van der Waals surface area contributed by atoms with Crippen molar-refractivity contribution in [1.29, 1.82) is 0 Å². The molecule has 7 nitrogen and oxygen atoms in total. The lowest BCUT2D eigenvalue weighted by Crippen LogP contribution is -2.23. The van der Waals surface area contributed by atoms with Crippen molar-refractivity contribution in [3.63, 3.8) is 0 Å². The first kappa shape index (κ1) is 20.2. The first-order chi connectivity index (χ1) is 13.5. The van der Waals surface area contributed by atoms with Crippen molar-refractivity contribution in [3.05, 3.63) is 46.2 Å². The third-order valence-electron chi connectivity index (χ3n) is 4.55. The number of anilines is 1. The Balaban J connectivity index is 1.88. The summed E-state index contributed by atoms with van der Waals surface area (Å²) >= 11 is 1.17. The summed E-state index contributed by atoms with van der Waals surface area (Å²) in [6.45, 7) is 4.83. The van der Waals surface area contributed by atoms with E-state index in [-0.39, 0.29) is 17.6 Å². The smallest absolute Gasteiger partial charge is 0.259 e. The van der Waals surface area contributed by atoms with Crippen LogP contribution in [-0.2, 0) is 9.47 Å². The highest BCUT2D eigenvalue weighted by atomic mass is 32.1. The van der Waals surface area contributed by atoms with Gasteiger partial charge in [-0.1, -0.05) is 11.3 Å². The number of Topliss-reactive ketones (excluding diaryl/α,β-unsaturated/α-hetero) is 1. The molecule has 1 aliphatic heterocycles. The molecule has 148 valence electrons. The predicted octanol–water partition coefficient (Wildman–Crippen LogP) is 3.72. The molecule has 0 spiro atoms. The number of pyridine rings is 1. The van der Waals surface area contributed by atoms with E-state index in [1.165, 1.54) is 24.6 Å². The molecule has 3 rings (SSSR count). The number of thiazole rings is 1. The summed E-state index contributed by atoms with van der Waals surface area (Å²) in [5.41, 5.74) is 1.72. The summed E-state index contributed by atoms with van der Waals surface area (Å²) < 4.78 is 10.7. The Bertz CT molecular complexity index is 883. The minimum absolute atomic E-state index is 0.0182. The van der Waals surface area contributed by atoms with Crippen LogP contribution in [0.3, 0.4) is 0 Å². The number of hydrogen-bond acceptors (Lipinski definition) is 7. The Kier molecular flexibility index (Phi) is 6.53. The fraction of sp³-hybridized carbons (Fsp3) is 0.400. The number of rotatable bonds is 6. The molecule has 1 saturated heterocycles. The van der Waals surface area contributed by atoms with E-state index in [4.69, 9.17) is 9.47 Å². The number of allylic oxidation sites excluding steroid dienone is 1. The van der Waals surface area contributed by atoms with Crippen LogP contribution in [0.15, 0.2) is 24.4 Å². The highest BCUT2D eigenvalue weighted by molar-refractivity contribution is 7.18. The Hall–Kier alpha value is -2.58. The van der Waals surface area contributed by atoms with Crippen LogP contribution in [0.4, 0.5) is 5.13 Å². The molecule has 0 aromatic carbocycles. The third kappa shape index (κ3) is 4.45. The maximum atomic E-state index is 13.1. The molecule has 1 aliphatic rings. The number of nitrogens with zero attached hydrogens (tertiary/aromatic N) is 2. The number of aromatic nitrogens is 2. The van der Waals surface area contributed by atoms with E-state index in [1.54, 1.807) is 18.2 Å². The van der Waals surface area contributed by atoms with Gasteiger partial charge < -0.3 is 9.47 Å². The van der Waals surface area contributed by atoms with Gasteiger partial charge in [-0.3, -0.25) is 19.9 Å². The first-order valence-corrected chi connectivity index (χ1v) is 9.92. The van der Waals surface area contributed by atoms with Gasteiger partial charge in [0, 0.05) is 31.0 Å². The number of amides is 1. The maximum absolute atomic E-state index is 13.1. The number of nitrogens with one attached hydrogen (secondary N) is 1. The fourth-order valence-corrected chi connectivity index (χ4v) is 3.96. The largest absolute Gasteiger partial charge is 0.495 e. The fourth-order valence-electron chi connectivity index (χ4n) is 2.98. The molecule has 0 unspecified atom stereocenters. The molecule has 0 atom stereocenters. The number of ether oxygens (including phenoxy) is 2. The molecule has 0 aliphatic carbocycles. The molecule has 28 heavy (non-hydrogen) atoms. The van der Waals surface area contributed by atoms with Crippen molar-refractivity contribution < 1.29 is 19.1 Å². The number of carbonyl (C=O) groups excluding carboxylic acids is 2. The summed E-state index contributed by atoms with van der Waals surface area (Å²) in [6, 6.07) is 3.47. The number of ketones is 1. The van der Waals surface area contributed by atoms with Gasteiger partial charge in [0.15, 0.2) is 10.9 Å². The van der Waals surface area contributed by atoms with Crippen LogP contribution in [0.25, 0.3) is 5.76 Å². The van der Waals surface area contributed by atoms with E-state index < -0.39 is 0 Å². The van der Waals surface area contributed by atoms with E-state index >= 15 is 0 Å². The number of hydrogen-bond donors (Lipinski definition) is 1. The van der Waals surface area contributed by atoms with Crippen molar-refractivity contribution in [1.82, 2.24) is 9.97 Å². The number of methoxy groups -OCH3 is 1. The average Bonchev–Trinajstić information content (AvgIpc) is 3.13. The van der Waals surface area contributed by atoms with Crippen molar-refractivity contribution in [3.8, 4) is 0 Å². The van der Waals surface area contributed by atoms with Gasteiger partial charge in [0.05, 0.1) is 12.7 Å². The van der Waals surface area contributed by atoms with Crippen LogP contribution >= 0.6 is 11.3 Å². The number of aryl methyl sites for hydroxylation is 1. The van der Waals surface area contributed by atoms with Crippen LogP contribution < -0.4 is 5.32 Å². The quantitative estimate of drug-likeness (QED) is 0.586. The van der Waals surface area contributed by atoms with Crippen LogP contribution in [0.2, 0.25) is 0 Å². The second-order valence-corrected chi connectivity index (χ2v) is 7.45. The summed E-state index contributed by atoms with van der Waals surface area (Å²) in [6.07, 6.45) is 4.64. The predicted molar refractivity (Wildman–Crippen MR) is 108 cm³/mol.